The summed E-state index contributed by atoms with van der Waals surface area (Å²) in [5.74, 6) is -3.67. The normalized spacial score (nSPS) is 14.3. The molecule has 5 amide bonds. The van der Waals surface area contributed by atoms with Gasteiger partial charge in [-0.25, -0.2) is 9.59 Å². The number of benzene rings is 2. The van der Waals surface area contributed by atoms with Gasteiger partial charge in [0.25, 0.3) is 17.5 Å². The number of nitrogens with one attached hydrogen (secondary N) is 3. The largest absolute Gasteiger partial charge is 0.514 e. The Morgan fingerprint density at radius 2 is 1.55 bits per heavy atom. The number of hydrogen-bond donors (Lipinski definition) is 4. The lowest BCUT2D eigenvalue weighted by Gasteiger charge is -2.30. The smallest absolute Gasteiger partial charge is 0.429 e. The molecule has 304 valence electrons. The van der Waals surface area contributed by atoms with Crippen LogP contribution in [0.3, 0.4) is 0 Å². The highest BCUT2D eigenvalue weighted by atomic mass is 19.4. The molecule has 0 bridgehead atoms. The SMILES string of the molecule is CC(C)[C@H](NC(CCCCCN1C(=O)C=CC1=O)C(F)(F)F)C(=O)C[C@@H](CCCNC(N)=O)C(=O)Nc1ccc(COC(=O)Oc2ccc([N+](=O)[O-])cc2)cc1. The van der Waals surface area contributed by atoms with Crippen LogP contribution < -0.4 is 26.4 Å². The van der Waals surface area contributed by atoms with Gasteiger partial charge in [-0.2, -0.15) is 13.2 Å². The van der Waals surface area contributed by atoms with Gasteiger partial charge in [-0.15, -0.1) is 0 Å². The molecule has 1 aliphatic heterocycles. The van der Waals surface area contributed by atoms with Crippen molar-refractivity contribution in [3.63, 3.8) is 0 Å². The fourth-order valence-electron chi connectivity index (χ4n) is 5.75. The molecule has 0 aliphatic carbocycles. The van der Waals surface area contributed by atoms with E-state index in [9.17, 15) is 52.1 Å². The number of nitrogens with zero attached hydrogens (tertiary/aromatic N) is 2. The Labute approximate surface area is 320 Å². The maximum atomic E-state index is 14.2. The van der Waals surface area contributed by atoms with Gasteiger partial charge < -0.3 is 25.8 Å². The molecule has 0 spiro atoms. The maximum absolute atomic E-state index is 14.2. The van der Waals surface area contributed by atoms with Crippen LogP contribution in [0.1, 0.15) is 64.4 Å². The molecule has 3 rings (SSSR count). The Morgan fingerprint density at radius 1 is 0.911 bits per heavy atom. The molecule has 1 heterocycles. The van der Waals surface area contributed by atoms with Crippen LogP contribution in [-0.2, 0) is 30.5 Å². The van der Waals surface area contributed by atoms with Crippen molar-refractivity contribution in [2.24, 2.45) is 17.6 Å². The molecule has 1 unspecified atom stereocenters. The van der Waals surface area contributed by atoms with Crippen molar-refractivity contribution in [1.82, 2.24) is 15.5 Å². The second kappa shape index (κ2) is 21.3. The molecule has 0 radical (unpaired) electrons. The zero-order chi connectivity index (χ0) is 41.4. The number of urea groups is 1. The van der Waals surface area contributed by atoms with Gasteiger partial charge in [0.05, 0.1) is 11.0 Å². The molecular weight excluding hydrogens is 745 g/mol. The molecule has 56 heavy (non-hydrogen) atoms. The number of anilines is 1. The zero-order valence-electron chi connectivity index (χ0n) is 30.8. The first kappa shape index (κ1) is 44.5. The summed E-state index contributed by atoms with van der Waals surface area (Å²) in [5, 5.41) is 18.4. The van der Waals surface area contributed by atoms with Crippen LogP contribution in [0.2, 0.25) is 0 Å². The fraction of sp³-hybridized carbons (Fsp3) is 0.459. The van der Waals surface area contributed by atoms with Gasteiger partial charge in [0.15, 0.2) is 5.78 Å². The standard InChI is InChI=1S/C37H45F3N6O10/c1-23(2)33(44-30(37(38,39)40)8-4-3-5-20-45-31(48)17-18-32(45)49)29(47)21-25(7-6-19-42-35(41)51)34(50)43-26-11-9-24(10-12-26)22-55-36(52)56-28-15-13-27(14-16-28)46(53)54/h9-18,23,25,30,33,44H,3-8,19-22H2,1-2H3,(H,43,50)(H3,41,42,51)/t25-,30?,33+/m1/s1. The number of non-ortho nitro benzene ring substituents is 1. The number of nitro benzene ring substituents is 1. The molecular formula is C37H45F3N6O10. The molecule has 2 aromatic carbocycles. The summed E-state index contributed by atoms with van der Waals surface area (Å²) >= 11 is 0. The Hall–Kier alpha value is -5.85. The van der Waals surface area contributed by atoms with Gasteiger partial charge >= 0.3 is 18.4 Å². The third kappa shape index (κ3) is 14.8. The monoisotopic (exact) mass is 790 g/mol. The van der Waals surface area contributed by atoms with Gasteiger partial charge in [0.1, 0.15) is 18.4 Å². The van der Waals surface area contributed by atoms with Crippen LogP contribution in [0.5, 0.6) is 5.75 Å². The summed E-state index contributed by atoms with van der Waals surface area (Å²) in [6.45, 7) is 3.14. The van der Waals surface area contributed by atoms with Gasteiger partial charge in [-0.05, 0) is 61.4 Å². The van der Waals surface area contributed by atoms with Gasteiger partial charge in [-0.3, -0.25) is 39.5 Å². The van der Waals surface area contributed by atoms with Crippen LogP contribution in [0.25, 0.3) is 0 Å². The Balaban J connectivity index is 1.59. The lowest BCUT2D eigenvalue weighted by Crippen LogP contribution is -2.52. The number of unbranched alkanes of at least 4 members (excludes halogenated alkanes) is 2. The number of alkyl halides is 3. The summed E-state index contributed by atoms with van der Waals surface area (Å²) in [4.78, 5) is 85.0. The van der Waals surface area contributed by atoms with Crippen molar-refractivity contribution in [3.05, 3.63) is 76.4 Å². The van der Waals surface area contributed by atoms with E-state index in [1.54, 1.807) is 26.0 Å². The Bertz CT molecular complexity index is 1720. The fourth-order valence-corrected chi connectivity index (χ4v) is 5.75. The maximum Gasteiger partial charge on any atom is 0.514 e. The second-order valence-electron chi connectivity index (χ2n) is 13.4. The molecule has 0 aromatic heterocycles. The highest BCUT2D eigenvalue weighted by Gasteiger charge is 2.42. The third-order valence-electron chi connectivity index (χ3n) is 8.74. The van der Waals surface area contributed by atoms with Crippen LogP contribution >= 0.6 is 0 Å². The number of rotatable bonds is 22. The topological polar surface area (TPSA) is 229 Å². The molecule has 3 atom stereocenters. The number of halogens is 3. The minimum absolute atomic E-state index is 0.0330. The van der Waals surface area contributed by atoms with Crippen LogP contribution in [0.4, 0.5) is 34.1 Å². The first-order valence-electron chi connectivity index (χ1n) is 17.9. The third-order valence-corrected chi connectivity index (χ3v) is 8.74. The first-order valence-corrected chi connectivity index (χ1v) is 17.9. The number of amides is 5. The van der Waals surface area contributed by atoms with Crippen molar-refractivity contribution in [1.29, 1.82) is 0 Å². The van der Waals surface area contributed by atoms with Crippen molar-refractivity contribution < 1.29 is 56.3 Å². The second-order valence-corrected chi connectivity index (χ2v) is 13.4. The van der Waals surface area contributed by atoms with Crippen LogP contribution in [0, 0.1) is 22.0 Å². The number of nitrogens with two attached hydrogens (primary N) is 1. The lowest BCUT2D eigenvalue weighted by molar-refractivity contribution is -0.384. The average molecular weight is 791 g/mol. The summed E-state index contributed by atoms with van der Waals surface area (Å²) < 4.78 is 52.6. The number of nitro groups is 1. The molecule has 16 nitrogen and oxygen atoms in total. The lowest BCUT2D eigenvalue weighted by atomic mass is 9.88. The van der Waals surface area contributed by atoms with Gasteiger partial charge in [0.2, 0.25) is 5.91 Å². The molecule has 5 N–H and O–H groups in total. The summed E-state index contributed by atoms with van der Waals surface area (Å²) in [5.41, 5.74) is 5.76. The number of carbonyl (C=O) groups is 6. The minimum atomic E-state index is -4.69. The number of imide groups is 1. The Kier molecular flexibility index (Phi) is 16.9. The van der Waals surface area contributed by atoms with E-state index >= 15 is 0 Å². The highest BCUT2D eigenvalue weighted by Crippen LogP contribution is 2.27. The molecule has 0 fully saturated rings. The molecule has 0 saturated carbocycles. The van der Waals surface area contributed by atoms with Crippen LogP contribution in [0.15, 0.2) is 60.7 Å². The number of hydrogen-bond acceptors (Lipinski definition) is 11. The number of carbonyl (C=O) groups excluding carboxylic acids is 6. The van der Waals surface area contributed by atoms with E-state index in [0.29, 0.717) is 24.1 Å². The summed E-state index contributed by atoms with van der Waals surface area (Å²) in [6, 6.07) is 6.83. The molecule has 0 saturated heterocycles. The van der Waals surface area contributed by atoms with Crippen molar-refractivity contribution in [3.8, 4) is 5.75 Å². The zero-order valence-corrected chi connectivity index (χ0v) is 30.8. The molecule has 2 aromatic rings. The van der Waals surface area contributed by atoms with E-state index in [-0.39, 0.29) is 56.8 Å². The first-order chi connectivity index (χ1) is 26.4. The van der Waals surface area contributed by atoms with E-state index in [1.807, 2.05) is 0 Å². The van der Waals surface area contributed by atoms with E-state index < -0.39 is 77.1 Å². The Morgan fingerprint density at radius 3 is 2.12 bits per heavy atom. The number of primary amides is 1. The average Bonchev–Trinajstić information content (AvgIpc) is 3.45. The van der Waals surface area contributed by atoms with Gasteiger partial charge in [-0.1, -0.05) is 38.8 Å². The molecule has 1 aliphatic rings. The highest BCUT2D eigenvalue weighted by molar-refractivity contribution is 6.12. The number of ether oxygens (including phenoxy) is 2. The van der Waals surface area contributed by atoms with E-state index in [4.69, 9.17) is 15.2 Å². The number of ketones is 1. The van der Waals surface area contributed by atoms with E-state index in [2.05, 4.69) is 16.0 Å². The van der Waals surface area contributed by atoms with E-state index in [0.717, 1.165) is 29.2 Å². The van der Waals surface area contributed by atoms with E-state index in [1.165, 1.54) is 24.3 Å². The van der Waals surface area contributed by atoms with Crippen molar-refractivity contribution in [2.75, 3.05) is 18.4 Å². The minimum Gasteiger partial charge on any atom is -0.429 e. The van der Waals surface area contributed by atoms with Gasteiger partial charge in [0, 0.05) is 55.4 Å². The van der Waals surface area contributed by atoms with Crippen LogP contribution in [-0.4, -0.2) is 76.9 Å². The van der Waals surface area contributed by atoms with Crippen molar-refractivity contribution >= 4 is 47.1 Å². The predicted molar refractivity (Wildman–Crippen MR) is 195 cm³/mol. The summed E-state index contributed by atoms with van der Waals surface area (Å²) in [6.07, 6.45) is -3.20. The summed E-state index contributed by atoms with van der Waals surface area (Å²) in [7, 11) is 0. The van der Waals surface area contributed by atoms with Crippen molar-refractivity contribution in [2.45, 2.75) is 83.7 Å². The molecule has 19 heteroatoms. The number of Topliss-reactive ketones (excluding diaryl/α,β-unsaturated/α-hetero) is 1. The quantitative estimate of drug-likeness (QED) is 0.0299. The predicted octanol–water partition coefficient (Wildman–Crippen LogP) is 5.30.